The first-order valence-corrected chi connectivity index (χ1v) is 9.41. The van der Waals surface area contributed by atoms with E-state index < -0.39 is 9.84 Å². The van der Waals surface area contributed by atoms with E-state index >= 15 is 0 Å². The standard InChI is InChI=1S/C16H25NO3S/c1-17-16(12-7-9-14(20-2)10-8-12)13-5-4-6-15(11-13)21(3,18)19/h7-10,13,15-17H,4-6,11H2,1-3H3. The number of ether oxygens (including phenoxy) is 1. The zero-order valence-corrected chi connectivity index (χ0v) is 13.8. The van der Waals surface area contributed by atoms with E-state index in [-0.39, 0.29) is 11.3 Å². The van der Waals surface area contributed by atoms with Gasteiger partial charge in [-0.3, -0.25) is 0 Å². The fourth-order valence-electron chi connectivity index (χ4n) is 3.36. The number of methoxy groups -OCH3 is 1. The van der Waals surface area contributed by atoms with Crippen molar-refractivity contribution in [1.29, 1.82) is 0 Å². The number of hydrogen-bond donors (Lipinski definition) is 1. The molecule has 1 fully saturated rings. The third-order valence-electron chi connectivity index (χ3n) is 4.53. The average molecular weight is 311 g/mol. The van der Waals surface area contributed by atoms with Crippen LogP contribution in [0.1, 0.15) is 37.3 Å². The van der Waals surface area contributed by atoms with Crippen molar-refractivity contribution in [2.75, 3.05) is 20.4 Å². The lowest BCUT2D eigenvalue weighted by molar-refractivity contribution is 0.282. The topological polar surface area (TPSA) is 55.4 Å². The molecule has 0 bridgehead atoms. The molecule has 2 rings (SSSR count). The Morgan fingerprint density at radius 1 is 1.24 bits per heavy atom. The maximum absolute atomic E-state index is 11.8. The number of sulfone groups is 1. The number of nitrogens with one attached hydrogen (secondary N) is 1. The Bertz CT molecular complexity index is 553. The minimum Gasteiger partial charge on any atom is -0.497 e. The molecule has 4 nitrogen and oxygen atoms in total. The quantitative estimate of drug-likeness (QED) is 0.908. The first kappa shape index (κ1) is 16.3. The van der Waals surface area contributed by atoms with Crippen LogP contribution in [0.2, 0.25) is 0 Å². The van der Waals surface area contributed by atoms with Gasteiger partial charge in [0.05, 0.1) is 12.4 Å². The molecular weight excluding hydrogens is 286 g/mol. The molecule has 1 aromatic carbocycles. The fraction of sp³-hybridized carbons (Fsp3) is 0.625. The SMILES string of the molecule is CNC(c1ccc(OC)cc1)C1CCCC(S(C)(=O)=O)C1. The molecule has 21 heavy (non-hydrogen) atoms. The van der Waals surface area contributed by atoms with Crippen molar-refractivity contribution in [3.63, 3.8) is 0 Å². The molecule has 0 radical (unpaired) electrons. The zero-order valence-electron chi connectivity index (χ0n) is 13.0. The molecule has 1 aromatic rings. The summed E-state index contributed by atoms with van der Waals surface area (Å²) in [6.45, 7) is 0. The second kappa shape index (κ2) is 6.79. The first-order chi connectivity index (χ1) is 9.95. The van der Waals surface area contributed by atoms with Gasteiger partial charge in [0.2, 0.25) is 0 Å². The Labute approximate surface area is 127 Å². The van der Waals surface area contributed by atoms with Gasteiger partial charge in [0.1, 0.15) is 15.6 Å². The molecule has 5 heteroatoms. The zero-order chi connectivity index (χ0) is 15.5. The summed E-state index contributed by atoms with van der Waals surface area (Å²) >= 11 is 0. The summed E-state index contributed by atoms with van der Waals surface area (Å²) in [5.41, 5.74) is 1.19. The van der Waals surface area contributed by atoms with E-state index in [9.17, 15) is 8.42 Å². The van der Waals surface area contributed by atoms with Crippen LogP contribution in [0, 0.1) is 5.92 Å². The molecule has 3 unspecified atom stereocenters. The average Bonchev–Trinajstić information content (AvgIpc) is 2.48. The molecule has 0 spiro atoms. The molecule has 1 aliphatic carbocycles. The van der Waals surface area contributed by atoms with Gasteiger partial charge in [-0.1, -0.05) is 18.6 Å². The molecule has 0 saturated heterocycles. The van der Waals surface area contributed by atoms with Crippen LogP contribution in [-0.2, 0) is 9.84 Å². The monoisotopic (exact) mass is 311 g/mol. The van der Waals surface area contributed by atoms with Crippen LogP contribution in [0.15, 0.2) is 24.3 Å². The number of rotatable bonds is 5. The van der Waals surface area contributed by atoms with Gasteiger partial charge in [0, 0.05) is 12.3 Å². The third-order valence-corrected chi connectivity index (χ3v) is 6.17. The van der Waals surface area contributed by atoms with Gasteiger partial charge >= 0.3 is 0 Å². The maximum atomic E-state index is 11.8. The first-order valence-electron chi connectivity index (χ1n) is 7.45. The molecule has 0 heterocycles. The van der Waals surface area contributed by atoms with Crippen molar-refractivity contribution in [2.45, 2.75) is 37.0 Å². The lowest BCUT2D eigenvalue weighted by Gasteiger charge is -2.34. The molecule has 0 amide bonds. The number of benzene rings is 1. The highest BCUT2D eigenvalue weighted by Gasteiger charge is 2.33. The summed E-state index contributed by atoms with van der Waals surface area (Å²) in [4.78, 5) is 0. The highest BCUT2D eigenvalue weighted by Crippen LogP contribution is 2.37. The van der Waals surface area contributed by atoms with Gasteiger partial charge in [0.15, 0.2) is 0 Å². The summed E-state index contributed by atoms with van der Waals surface area (Å²) in [6.07, 6.45) is 4.97. The molecule has 1 aliphatic rings. The molecule has 0 aromatic heterocycles. The normalized spacial score (nSPS) is 24.5. The Kier molecular flexibility index (Phi) is 5.27. The Hall–Kier alpha value is -1.07. The highest BCUT2D eigenvalue weighted by molar-refractivity contribution is 7.91. The summed E-state index contributed by atoms with van der Waals surface area (Å²) in [6, 6.07) is 8.22. The van der Waals surface area contributed by atoms with Crippen molar-refractivity contribution in [3.8, 4) is 5.75 Å². The van der Waals surface area contributed by atoms with Gasteiger partial charge < -0.3 is 10.1 Å². The van der Waals surface area contributed by atoms with Crippen molar-refractivity contribution >= 4 is 9.84 Å². The lowest BCUT2D eigenvalue weighted by atomic mass is 9.81. The summed E-state index contributed by atoms with van der Waals surface area (Å²) in [5, 5.41) is 3.17. The van der Waals surface area contributed by atoms with Crippen molar-refractivity contribution in [1.82, 2.24) is 5.32 Å². The van der Waals surface area contributed by atoms with E-state index in [0.717, 1.165) is 31.4 Å². The van der Waals surface area contributed by atoms with Crippen molar-refractivity contribution in [3.05, 3.63) is 29.8 Å². The minimum atomic E-state index is -2.94. The fourth-order valence-corrected chi connectivity index (χ4v) is 4.55. The van der Waals surface area contributed by atoms with Gasteiger partial charge in [-0.15, -0.1) is 0 Å². The molecule has 1 saturated carbocycles. The van der Waals surface area contributed by atoms with Crippen molar-refractivity contribution in [2.24, 2.45) is 5.92 Å². The van der Waals surface area contributed by atoms with Gasteiger partial charge in [-0.05, 0) is 49.9 Å². The summed E-state index contributed by atoms with van der Waals surface area (Å²) in [7, 11) is 0.657. The molecule has 3 atom stereocenters. The van der Waals surface area contributed by atoms with Crippen LogP contribution < -0.4 is 10.1 Å². The van der Waals surface area contributed by atoms with E-state index in [1.165, 1.54) is 11.8 Å². The van der Waals surface area contributed by atoms with Crippen molar-refractivity contribution < 1.29 is 13.2 Å². The maximum Gasteiger partial charge on any atom is 0.150 e. The smallest absolute Gasteiger partial charge is 0.150 e. The van der Waals surface area contributed by atoms with Crippen LogP contribution in [0.5, 0.6) is 5.75 Å². The van der Waals surface area contributed by atoms with Crippen LogP contribution in [0.4, 0.5) is 0 Å². The van der Waals surface area contributed by atoms with Gasteiger partial charge in [-0.2, -0.15) is 0 Å². The predicted molar refractivity (Wildman–Crippen MR) is 85.4 cm³/mol. The summed E-state index contributed by atoms with van der Waals surface area (Å²) in [5.74, 6) is 1.20. The van der Waals surface area contributed by atoms with Gasteiger partial charge in [-0.25, -0.2) is 8.42 Å². The van der Waals surface area contributed by atoms with E-state index in [0.29, 0.717) is 5.92 Å². The van der Waals surface area contributed by atoms with E-state index in [2.05, 4.69) is 17.4 Å². The second-order valence-corrected chi connectivity index (χ2v) is 8.24. The van der Waals surface area contributed by atoms with E-state index in [1.807, 2.05) is 19.2 Å². The Morgan fingerprint density at radius 3 is 2.43 bits per heavy atom. The van der Waals surface area contributed by atoms with Crippen LogP contribution in [-0.4, -0.2) is 34.1 Å². The predicted octanol–water partition coefficient (Wildman–Crippen LogP) is 2.56. The minimum absolute atomic E-state index is 0.189. The van der Waals surface area contributed by atoms with Crippen LogP contribution in [0.3, 0.4) is 0 Å². The highest BCUT2D eigenvalue weighted by atomic mass is 32.2. The second-order valence-electron chi connectivity index (χ2n) is 5.92. The van der Waals surface area contributed by atoms with E-state index in [4.69, 9.17) is 4.74 Å². The van der Waals surface area contributed by atoms with E-state index in [1.54, 1.807) is 7.11 Å². The van der Waals surface area contributed by atoms with Crippen LogP contribution in [0.25, 0.3) is 0 Å². The van der Waals surface area contributed by atoms with Gasteiger partial charge in [0.25, 0.3) is 0 Å². The number of hydrogen-bond acceptors (Lipinski definition) is 4. The molecule has 0 aliphatic heterocycles. The summed E-state index contributed by atoms with van der Waals surface area (Å²) < 4.78 is 28.8. The Balaban J connectivity index is 2.16. The molecule has 118 valence electrons. The molecule has 1 N–H and O–H groups in total. The third kappa shape index (κ3) is 3.98. The largest absolute Gasteiger partial charge is 0.497 e. The van der Waals surface area contributed by atoms with Crippen LogP contribution >= 0.6 is 0 Å². The Morgan fingerprint density at radius 2 is 1.90 bits per heavy atom. The molecular formula is C16H25NO3S. The lowest BCUT2D eigenvalue weighted by Crippen LogP contribution is -2.34.